The first-order chi connectivity index (χ1) is 4.20. The van der Waals surface area contributed by atoms with Crippen molar-refractivity contribution < 1.29 is 8.78 Å². The lowest BCUT2D eigenvalue weighted by Crippen LogP contribution is -1.87. The van der Waals surface area contributed by atoms with Crippen LogP contribution in [0.4, 0.5) is 8.78 Å². The average Bonchev–Trinajstić information content (AvgIpc) is 1.80. The summed E-state index contributed by atoms with van der Waals surface area (Å²) in [5.74, 6) is -1.79. The molecule has 0 spiro atoms. The predicted octanol–water partition coefficient (Wildman–Crippen LogP) is 1.92. The molecule has 47 valence electrons. The van der Waals surface area contributed by atoms with Gasteiger partial charge in [-0.25, -0.2) is 0 Å². The quantitative estimate of drug-likeness (QED) is 0.573. The summed E-state index contributed by atoms with van der Waals surface area (Å²) in [6, 6.07) is 3.21. The molecule has 0 amide bonds. The van der Waals surface area contributed by atoms with Gasteiger partial charge in [-0.05, 0) is 22.0 Å². The molecule has 1 radical (unpaired) electrons. The largest absolute Gasteiger partial charge is 0.229 e. The first-order valence-electron chi connectivity index (χ1n) is 2.09. The van der Waals surface area contributed by atoms with Gasteiger partial charge >= 0.3 is 0 Å². The van der Waals surface area contributed by atoms with Crippen LogP contribution < -0.4 is 0 Å². The van der Waals surface area contributed by atoms with Gasteiger partial charge in [-0.1, -0.05) is 0 Å². The lowest BCUT2D eigenvalue weighted by atomic mass is 10.5. The van der Waals surface area contributed by atoms with Crippen LogP contribution in [-0.2, 0) is 0 Å². The van der Waals surface area contributed by atoms with E-state index in [0.717, 1.165) is 6.07 Å². The lowest BCUT2D eigenvalue weighted by Gasteiger charge is -1.88. The summed E-state index contributed by atoms with van der Waals surface area (Å²) in [6.45, 7) is 0. The Morgan fingerprint density at radius 2 is 2.22 bits per heavy atom. The predicted molar refractivity (Wildman–Crippen MR) is 30.7 cm³/mol. The maximum atomic E-state index is 12.2. The maximum absolute atomic E-state index is 12.2. The molecular weight excluding hydrogens is 192 g/mol. The summed E-state index contributed by atoms with van der Waals surface area (Å²) >= 11 is 2.79. The fraction of sp³-hybridized carbons (Fsp3) is 0. The molecular formula is C5HBrF2N. The Labute approximate surface area is 58.8 Å². The molecule has 0 N–H and O–H groups in total. The second kappa shape index (κ2) is 2.39. The van der Waals surface area contributed by atoms with Crippen molar-refractivity contribution in [2.24, 2.45) is 0 Å². The van der Waals surface area contributed by atoms with E-state index in [1.807, 2.05) is 0 Å². The SMILES string of the molecule is Fc1[c]cc(Br)c(F)n1. The Morgan fingerprint density at radius 3 is 2.67 bits per heavy atom. The summed E-state index contributed by atoms with van der Waals surface area (Å²) in [6.07, 6.45) is 0. The van der Waals surface area contributed by atoms with Crippen molar-refractivity contribution >= 4 is 15.9 Å². The molecule has 1 nitrogen and oxygen atoms in total. The molecule has 1 heterocycles. The molecule has 0 aliphatic carbocycles. The van der Waals surface area contributed by atoms with E-state index in [1.165, 1.54) is 0 Å². The molecule has 1 aromatic rings. The number of rotatable bonds is 0. The van der Waals surface area contributed by atoms with Crippen LogP contribution in [0, 0.1) is 18.0 Å². The molecule has 0 saturated carbocycles. The minimum Gasteiger partial charge on any atom is -0.189 e. The van der Waals surface area contributed by atoms with E-state index < -0.39 is 11.9 Å². The minimum atomic E-state index is -0.935. The summed E-state index contributed by atoms with van der Waals surface area (Å²) in [4.78, 5) is 2.84. The number of hydrogen-bond donors (Lipinski definition) is 0. The first kappa shape index (κ1) is 6.61. The van der Waals surface area contributed by atoms with Crippen LogP contribution >= 0.6 is 15.9 Å². The Bertz CT molecular complexity index is 226. The molecule has 0 atom stereocenters. The maximum Gasteiger partial charge on any atom is 0.229 e. The molecule has 0 aromatic carbocycles. The molecule has 0 aliphatic rings. The normalized spacial score (nSPS) is 9.67. The summed E-state index contributed by atoms with van der Waals surface area (Å²) < 4.78 is 24.2. The number of aromatic nitrogens is 1. The zero-order valence-corrected chi connectivity index (χ0v) is 5.74. The van der Waals surface area contributed by atoms with Gasteiger partial charge in [-0.15, -0.1) is 0 Å². The summed E-state index contributed by atoms with van der Waals surface area (Å²) in [5, 5.41) is 0. The molecule has 0 saturated heterocycles. The van der Waals surface area contributed by atoms with Gasteiger partial charge in [0.1, 0.15) is 0 Å². The molecule has 9 heavy (non-hydrogen) atoms. The topological polar surface area (TPSA) is 12.9 Å². The van der Waals surface area contributed by atoms with E-state index in [0.29, 0.717) is 0 Å². The molecule has 0 fully saturated rings. The second-order valence-corrected chi connectivity index (χ2v) is 2.18. The van der Waals surface area contributed by atoms with Gasteiger partial charge in [0.05, 0.1) is 4.47 Å². The van der Waals surface area contributed by atoms with Gasteiger partial charge < -0.3 is 0 Å². The summed E-state index contributed by atoms with van der Waals surface area (Å²) in [7, 11) is 0. The Balaban J connectivity index is 3.17. The molecule has 0 bridgehead atoms. The lowest BCUT2D eigenvalue weighted by molar-refractivity contribution is 0.507. The van der Waals surface area contributed by atoms with Crippen molar-refractivity contribution in [2.45, 2.75) is 0 Å². The standard InChI is InChI=1S/C5HBrF2N/c6-3-1-2-4(7)9-5(3)8/h1H. The van der Waals surface area contributed by atoms with E-state index >= 15 is 0 Å². The van der Waals surface area contributed by atoms with Crippen LogP contribution in [0.5, 0.6) is 0 Å². The van der Waals surface area contributed by atoms with Gasteiger partial charge in [-0.2, -0.15) is 13.8 Å². The highest BCUT2D eigenvalue weighted by molar-refractivity contribution is 9.10. The molecule has 1 aromatic heterocycles. The van der Waals surface area contributed by atoms with Crippen LogP contribution in [-0.4, -0.2) is 4.98 Å². The van der Waals surface area contributed by atoms with E-state index in [4.69, 9.17) is 0 Å². The van der Waals surface area contributed by atoms with Gasteiger partial charge in [0.15, 0.2) is 0 Å². The zero-order valence-electron chi connectivity index (χ0n) is 4.16. The highest BCUT2D eigenvalue weighted by Gasteiger charge is 1.99. The fourth-order valence-electron chi connectivity index (χ4n) is 0.354. The highest BCUT2D eigenvalue weighted by Crippen LogP contribution is 2.11. The molecule has 0 unspecified atom stereocenters. The molecule has 1 rings (SSSR count). The van der Waals surface area contributed by atoms with Gasteiger partial charge in [0, 0.05) is 6.07 Å². The number of nitrogens with zero attached hydrogens (tertiary/aromatic N) is 1. The second-order valence-electron chi connectivity index (χ2n) is 1.33. The third kappa shape index (κ3) is 1.45. The van der Waals surface area contributed by atoms with E-state index in [2.05, 4.69) is 27.0 Å². The van der Waals surface area contributed by atoms with Crippen molar-refractivity contribution in [1.29, 1.82) is 0 Å². The first-order valence-corrected chi connectivity index (χ1v) is 2.88. The van der Waals surface area contributed by atoms with Crippen LogP contribution in [0.3, 0.4) is 0 Å². The van der Waals surface area contributed by atoms with Crippen molar-refractivity contribution in [3.63, 3.8) is 0 Å². The monoisotopic (exact) mass is 192 g/mol. The van der Waals surface area contributed by atoms with Crippen molar-refractivity contribution in [1.82, 2.24) is 4.98 Å². The van der Waals surface area contributed by atoms with Gasteiger partial charge in [0.2, 0.25) is 11.9 Å². The highest BCUT2D eigenvalue weighted by atomic mass is 79.9. The van der Waals surface area contributed by atoms with Crippen molar-refractivity contribution in [3.8, 4) is 0 Å². The number of halogens is 3. The van der Waals surface area contributed by atoms with Gasteiger partial charge in [-0.3, -0.25) is 0 Å². The van der Waals surface area contributed by atoms with Crippen molar-refractivity contribution in [2.75, 3.05) is 0 Å². The fourth-order valence-corrected chi connectivity index (χ4v) is 0.557. The smallest absolute Gasteiger partial charge is 0.189 e. The number of pyridine rings is 1. The van der Waals surface area contributed by atoms with Crippen LogP contribution in [0.25, 0.3) is 0 Å². The van der Waals surface area contributed by atoms with E-state index in [-0.39, 0.29) is 4.47 Å². The molecule has 0 aliphatic heterocycles. The van der Waals surface area contributed by atoms with E-state index in [9.17, 15) is 8.78 Å². The van der Waals surface area contributed by atoms with Crippen LogP contribution in [0.1, 0.15) is 0 Å². The Kier molecular flexibility index (Phi) is 1.75. The van der Waals surface area contributed by atoms with Crippen molar-refractivity contribution in [3.05, 3.63) is 28.5 Å². The third-order valence-electron chi connectivity index (χ3n) is 0.711. The third-order valence-corrected chi connectivity index (χ3v) is 1.27. The minimum absolute atomic E-state index is 0.115. The summed E-state index contributed by atoms with van der Waals surface area (Å²) in [5.41, 5.74) is 0. The number of hydrogen-bond acceptors (Lipinski definition) is 1. The Morgan fingerprint density at radius 1 is 1.56 bits per heavy atom. The Hall–Kier alpha value is -0.510. The van der Waals surface area contributed by atoms with Crippen LogP contribution in [0.2, 0.25) is 0 Å². The van der Waals surface area contributed by atoms with E-state index in [1.54, 1.807) is 0 Å². The van der Waals surface area contributed by atoms with Gasteiger partial charge in [0.25, 0.3) is 0 Å². The average molecular weight is 193 g/mol. The molecule has 4 heteroatoms. The van der Waals surface area contributed by atoms with Crippen LogP contribution in [0.15, 0.2) is 10.5 Å². The zero-order chi connectivity index (χ0) is 6.85.